The highest BCUT2D eigenvalue weighted by molar-refractivity contribution is 5.60. The smallest absolute Gasteiger partial charge is 0.330 e. The summed E-state index contributed by atoms with van der Waals surface area (Å²) in [5.74, 6) is 0.179. The van der Waals surface area contributed by atoms with Crippen molar-refractivity contribution in [3.05, 3.63) is 20.8 Å². The minimum Gasteiger partial charge on any atom is -0.385 e. The van der Waals surface area contributed by atoms with Crippen LogP contribution in [0.5, 0.6) is 0 Å². The zero-order valence-electron chi connectivity index (χ0n) is 10.8. The van der Waals surface area contributed by atoms with Gasteiger partial charge in [0, 0.05) is 26.8 Å². The van der Waals surface area contributed by atoms with Gasteiger partial charge in [-0.15, -0.1) is 0 Å². The predicted molar refractivity (Wildman–Crippen MR) is 71.0 cm³/mol. The van der Waals surface area contributed by atoms with E-state index in [-0.39, 0.29) is 11.5 Å². The van der Waals surface area contributed by atoms with Crippen molar-refractivity contribution in [2.24, 2.45) is 0 Å². The van der Waals surface area contributed by atoms with Crippen molar-refractivity contribution in [1.29, 1.82) is 0 Å². The van der Waals surface area contributed by atoms with Gasteiger partial charge in [-0.2, -0.15) is 0 Å². The normalized spacial score (nSPS) is 10.6. The van der Waals surface area contributed by atoms with E-state index in [1.165, 1.54) is 4.57 Å². The number of nitrogen functional groups attached to an aromatic ring is 1. The largest absolute Gasteiger partial charge is 0.385 e. The van der Waals surface area contributed by atoms with Gasteiger partial charge in [0.1, 0.15) is 11.5 Å². The minimum absolute atomic E-state index is 0.179. The van der Waals surface area contributed by atoms with E-state index in [1.54, 1.807) is 14.0 Å². The van der Waals surface area contributed by atoms with E-state index in [4.69, 9.17) is 10.5 Å². The molecule has 0 radical (unpaired) electrons. The molecule has 102 valence electrons. The van der Waals surface area contributed by atoms with Gasteiger partial charge in [0.05, 0.1) is 0 Å². The van der Waals surface area contributed by atoms with Crippen molar-refractivity contribution in [3.63, 3.8) is 0 Å². The average molecular weight is 256 g/mol. The number of hydrogen-bond acceptors (Lipinski definition) is 5. The van der Waals surface area contributed by atoms with Crippen LogP contribution in [-0.2, 0) is 11.3 Å². The molecule has 4 N–H and O–H groups in total. The fraction of sp³-hybridized carbons (Fsp3) is 0.636. The molecule has 7 heteroatoms. The number of ether oxygens (including phenoxy) is 1. The third kappa shape index (κ3) is 3.36. The molecule has 1 aromatic heterocycles. The molecule has 7 nitrogen and oxygen atoms in total. The standard InChI is InChI=1S/C11H20N4O3/c1-3-15-9(12)8(10(16)14-11(15)17)13-6-4-5-7-18-2/h13H,3-7,12H2,1-2H3,(H,14,16,17). The Morgan fingerprint density at radius 2 is 2.11 bits per heavy atom. The Morgan fingerprint density at radius 3 is 2.72 bits per heavy atom. The lowest BCUT2D eigenvalue weighted by Crippen LogP contribution is -2.33. The fourth-order valence-corrected chi connectivity index (χ4v) is 1.66. The van der Waals surface area contributed by atoms with E-state index >= 15 is 0 Å². The van der Waals surface area contributed by atoms with Crippen LogP contribution in [0.2, 0.25) is 0 Å². The zero-order valence-corrected chi connectivity index (χ0v) is 10.8. The van der Waals surface area contributed by atoms with Gasteiger partial charge in [-0.05, 0) is 19.8 Å². The molecule has 0 unspecified atom stereocenters. The van der Waals surface area contributed by atoms with Crippen LogP contribution in [0, 0.1) is 0 Å². The molecule has 0 aliphatic heterocycles. The predicted octanol–water partition coefficient (Wildman–Crippen LogP) is -0.0228. The van der Waals surface area contributed by atoms with Crippen LogP contribution in [0.4, 0.5) is 11.5 Å². The molecule has 0 bridgehead atoms. The summed E-state index contributed by atoms with van der Waals surface area (Å²) in [6.45, 7) is 3.50. The minimum atomic E-state index is -0.482. The van der Waals surface area contributed by atoms with Gasteiger partial charge in [-0.3, -0.25) is 14.3 Å². The maximum Gasteiger partial charge on any atom is 0.330 e. The molecule has 0 spiro atoms. The van der Waals surface area contributed by atoms with Crippen LogP contribution >= 0.6 is 0 Å². The van der Waals surface area contributed by atoms with Crippen LogP contribution in [0.15, 0.2) is 9.59 Å². The third-order valence-electron chi connectivity index (χ3n) is 2.63. The van der Waals surface area contributed by atoms with E-state index in [1.807, 2.05) is 0 Å². The van der Waals surface area contributed by atoms with Gasteiger partial charge in [0.2, 0.25) is 0 Å². The Hall–Kier alpha value is -1.76. The van der Waals surface area contributed by atoms with Gasteiger partial charge in [-0.25, -0.2) is 4.79 Å². The quantitative estimate of drug-likeness (QED) is 0.595. The maximum absolute atomic E-state index is 11.6. The van der Waals surface area contributed by atoms with Crippen LogP contribution in [0.1, 0.15) is 19.8 Å². The first kappa shape index (κ1) is 14.3. The number of nitrogens with zero attached hydrogens (tertiary/aromatic N) is 1. The first-order chi connectivity index (χ1) is 8.61. The second-order valence-corrected chi connectivity index (χ2v) is 3.89. The van der Waals surface area contributed by atoms with Gasteiger partial charge in [-0.1, -0.05) is 0 Å². The Morgan fingerprint density at radius 1 is 1.39 bits per heavy atom. The summed E-state index contributed by atoms with van der Waals surface area (Å²) in [5.41, 5.74) is 5.09. The number of aromatic nitrogens is 2. The Balaban J connectivity index is 2.77. The molecule has 1 heterocycles. The molecule has 0 aliphatic rings. The van der Waals surface area contributed by atoms with Gasteiger partial charge in [0.25, 0.3) is 5.56 Å². The van der Waals surface area contributed by atoms with Crippen LogP contribution in [-0.4, -0.2) is 29.8 Å². The number of unbranched alkanes of at least 4 members (excludes halogenated alkanes) is 1. The highest BCUT2D eigenvalue weighted by Gasteiger charge is 2.10. The Kier molecular flexibility index (Phi) is 5.44. The van der Waals surface area contributed by atoms with Crippen LogP contribution in [0.25, 0.3) is 0 Å². The number of aromatic amines is 1. The zero-order chi connectivity index (χ0) is 13.5. The second kappa shape index (κ2) is 6.85. The van der Waals surface area contributed by atoms with Crippen molar-refractivity contribution in [1.82, 2.24) is 9.55 Å². The number of nitrogens with two attached hydrogens (primary N) is 1. The lowest BCUT2D eigenvalue weighted by atomic mass is 10.3. The molecule has 0 saturated carbocycles. The molecule has 0 fully saturated rings. The summed E-state index contributed by atoms with van der Waals surface area (Å²) < 4.78 is 6.25. The second-order valence-electron chi connectivity index (χ2n) is 3.89. The summed E-state index contributed by atoms with van der Waals surface area (Å²) in [5, 5.41) is 2.96. The fourth-order valence-electron chi connectivity index (χ4n) is 1.66. The summed E-state index contributed by atoms with van der Waals surface area (Å²) in [4.78, 5) is 25.3. The van der Waals surface area contributed by atoms with Gasteiger partial charge < -0.3 is 15.8 Å². The summed E-state index contributed by atoms with van der Waals surface area (Å²) in [6.07, 6.45) is 1.76. The molecular formula is C11H20N4O3. The van der Waals surface area contributed by atoms with E-state index < -0.39 is 11.2 Å². The molecule has 18 heavy (non-hydrogen) atoms. The molecule has 0 aromatic carbocycles. The summed E-state index contributed by atoms with van der Waals surface area (Å²) >= 11 is 0. The van der Waals surface area contributed by atoms with Gasteiger partial charge in [0.15, 0.2) is 0 Å². The highest BCUT2D eigenvalue weighted by atomic mass is 16.5. The molecule has 1 aromatic rings. The lowest BCUT2D eigenvalue weighted by Gasteiger charge is -2.12. The molecule has 0 saturated heterocycles. The summed E-state index contributed by atoms with van der Waals surface area (Å²) in [6, 6.07) is 0. The molecule has 0 aliphatic carbocycles. The van der Waals surface area contributed by atoms with Crippen LogP contribution < -0.4 is 22.3 Å². The maximum atomic E-state index is 11.6. The molecule has 0 atom stereocenters. The number of anilines is 2. The van der Waals surface area contributed by atoms with Crippen molar-refractivity contribution < 1.29 is 4.74 Å². The van der Waals surface area contributed by atoms with E-state index in [2.05, 4.69) is 10.3 Å². The van der Waals surface area contributed by atoms with Crippen molar-refractivity contribution in [2.75, 3.05) is 31.3 Å². The van der Waals surface area contributed by atoms with Crippen molar-refractivity contribution in [3.8, 4) is 0 Å². The van der Waals surface area contributed by atoms with E-state index in [0.29, 0.717) is 19.7 Å². The number of hydrogen-bond donors (Lipinski definition) is 3. The van der Waals surface area contributed by atoms with E-state index in [9.17, 15) is 9.59 Å². The monoisotopic (exact) mass is 256 g/mol. The third-order valence-corrected chi connectivity index (χ3v) is 2.63. The van der Waals surface area contributed by atoms with Crippen LogP contribution in [0.3, 0.4) is 0 Å². The number of rotatable bonds is 7. The highest BCUT2D eigenvalue weighted by Crippen LogP contribution is 2.09. The van der Waals surface area contributed by atoms with Crippen molar-refractivity contribution in [2.45, 2.75) is 26.3 Å². The van der Waals surface area contributed by atoms with Crippen molar-refractivity contribution >= 4 is 11.5 Å². The molecular weight excluding hydrogens is 236 g/mol. The van der Waals surface area contributed by atoms with E-state index in [0.717, 1.165) is 12.8 Å². The lowest BCUT2D eigenvalue weighted by molar-refractivity contribution is 0.194. The molecule has 1 rings (SSSR count). The number of nitrogens with one attached hydrogen (secondary N) is 2. The number of methoxy groups -OCH3 is 1. The number of H-pyrrole nitrogens is 1. The first-order valence-electron chi connectivity index (χ1n) is 5.97. The Bertz CT molecular complexity index is 492. The Labute approximate surface area is 105 Å². The SMILES string of the molecule is CCn1c(N)c(NCCCCOC)c(=O)[nH]c1=O. The average Bonchev–Trinajstić information content (AvgIpc) is 2.32. The first-order valence-corrected chi connectivity index (χ1v) is 5.97. The summed E-state index contributed by atoms with van der Waals surface area (Å²) in [7, 11) is 1.65. The van der Waals surface area contributed by atoms with Gasteiger partial charge >= 0.3 is 5.69 Å². The topological polar surface area (TPSA) is 102 Å². The molecule has 0 amide bonds.